The molecule has 0 aliphatic heterocycles. The van der Waals surface area contributed by atoms with E-state index in [9.17, 15) is 9.18 Å². The van der Waals surface area contributed by atoms with E-state index >= 15 is 0 Å². The Morgan fingerprint density at radius 3 is 2.37 bits per heavy atom. The zero-order valence-electron chi connectivity index (χ0n) is 15.8. The van der Waals surface area contributed by atoms with Gasteiger partial charge in [0.1, 0.15) is 5.82 Å². The summed E-state index contributed by atoms with van der Waals surface area (Å²) < 4.78 is 13.0. The molecular formula is C21H27FN4O. The second kappa shape index (κ2) is 10.3. The Bertz CT molecular complexity index is 774. The van der Waals surface area contributed by atoms with E-state index in [2.05, 4.69) is 34.7 Å². The van der Waals surface area contributed by atoms with Gasteiger partial charge in [-0.2, -0.15) is 0 Å². The zero-order valence-corrected chi connectivity index (χ0v) is 15.8. The number of rotatable bonds is 8. The van der Waals surface area contributed by atoms with Gasteiger partial charge in [0.25, 0.3) is 0 Å². The topological polar surface area (TPSA) is 79.5 Å². The smallest absolute Gasteiger partial charge is 0.222 e. The molecule has 27 heavy (non-hydrogen) atoms. The van der Waals surface area contributed by atoms with Crippen molar-refractivity contribution in [3.63, 3.8) is 0 Å². The molecule has 1 amide bonds. The fourth-order valence-electron chi connectivity index (χ4n) is 2.87. The Labute approximate surface area is 159 Å². The summed E-state index contributed by atoms with van der Waals surface area (Å²) in [6.45, 7) is 3.11. The molecule has 0 aliphatic carbocycles. The van der Waals surface area contributed by atoms with Crippen LogP contribution in [0.25, 0.3) is 0 Å². The summed E-state index contributed by atoms with van der Waals surface area (Å²) in [6.07, 6.45) is 1.41. The number of guanidine groups is 1. The van der Waals surface area contributed by atoms with E-state index in [1.807, 2.05) is 12.1 Å². The Morgan fingerprint density at radius 2 is 1.78 bits per heavy atom. The molecule has 5 nitrogen and oxygen atoms in total. The van der Waals surface area contributed by atoms with Gasteiger partial charge in [-0.1, -0.05) is 43.3 Å². The highest BCUT2D eigenvalue weighted by Gasteiger charge is 2.17. The first-order chi connectivity index (χ1) is 13.0. The van der Waals surface area contributed by atoms with Crippen molar-refractivity contribution in [3.05, 3.63) is 71.0 Å². The summed E-state index contributed by atoms with van der Waals surface area (Å²) >= 11 is 0. The minimum atomic E-state index is -0.420. The monoisotopic (exact) mass is 370 g/mol. The first kappa shape index (κ1) is 20.4. The average molecular weight is 370 g/mol. The normalized spacial score (nSPS) is 12.5. The van der Waals surface area contributed by atoms with Gasteiger partial charge in [-0.15, -0.1) is 0 Å². The van der Waals surface area contributed by atoms with Gasteiger partial charge in [-0.25, -0.2) is 4.39 Å². The lowest BCUT2D eigenvalue weighted by Crippen LogP contribution is -2.42. The van der Waals surface area contributed by atoms with Crippen molar-refractivity contribution in [2.24, 2.45) is 16.6 Å². The van der Waals surface area contributed by atoms with Crippen LogP contribution in [0.4, 0.5) is 4.39 Å². The highest BCUT2D eigenvalue weighted by molar-refractivity contribution is 5.81. The number of nitrogens with one attached hydrogen (secondary N) is 2. The van der Waals surface area contributed by atoms with Crippen LogP contribution in [0.5, 0.6) is 0 Å². The van der Waals surface area contributed by atoms with Gasteiger partial charge in [0.2, 0.25) is 5.91 Å². The number of nitrogens with zero attached hydrogens (tertiary/aromatic N) is 1. The van der Waals surface area contributed by atoms with E-state index < -0.39 is 11.8 Å². The van der Waals surface area contributed by atoms with Crippen LogP contribution in [-0.2, 0) is 24.2 Å². The maximum Gasteiger partial charge on any atom is 0.222 e. The maximum absolute atomic E-state index is 13.0. The summed E-state index contributed by atoms with van der Waals surface area (Å²) in [5, 5.41) is 6.42. The summed E-state index contributed by atoms with van der Waals surface area (Å²) in [6, 6.07) is 14.3. The second-order valence-electron chi connectivity index (χ2n) is 6.36. The molecule has 2 aromatic carbocycles. The molecule has 144 valence electrons. The second-order valence-corrected chi connectivity index (χ2v) is 6.36. The van der Waals surface area contributed by atoms with Crippen molar-refractivity contribution >= 4 is 11.9 Å². The molecule has 0 fully saturated rings. The van der Waals surface area contributed by atoms with Gasteiger partial charge in [-0.05, 0) is 41.7 Å². The molecule has 0 aromatic heterocycles. The Hall–Kier alpha value is -2.89. The number of benzene rings is 2. The van der Waals surface area contributed by atoms with E-state index in [4.69, 9.17) is 5.73 Å². The van der Waals surface area contributed by atoms with Crippen molar-refractivity contribution < 1.29 is 9.18 Å². The van der Waals surface area contributed by atoms with Crippen LogP contribution in [0.1, 0.15) is 23.6 Å². The molecule has 0 aliphatic rings. The molecule has 4 N–H and O–H groups in total. The van der Waals surface area contributed by atoms with Crippen LogP contribution in [0.15, 0.2) is 53.5 Å². The van der Waals surface area contributed by atoms with Crippen molar-refractivity contribution in [1.29, 1.82) is 0 Å². The Kier molecular flexibility index (Phi) is 7.79. The number of halogens is 1. The molecule has 2 aromatic rings. The predicted octanol–water partition coefficient (Wildman–Crippen LogP) is 2.40. The average Bonchev–Trinajstić information content (AvgIpc) is 2.68. The van der Waals surface area contributed by atoms with Crippen LogP contribution < -0.4 is 16.4 Å². The molecule has 1 atom stereocenters. The molecule has 0 radical (unpaired) electrons. The third-order valence-corrected chi connectivity index (χ3v) is 4.48. The van der Waals surface area contributed by atoms with E-state index in [1.54, 1.807) is 19.2 Å². The first-order valence-corrected chi connectivity index (χ1v) is 9.08. The van der Waals surface area contributed by atoms with E-state index in [-0.39, 0.29) is 5.82 Å². The van der Waals surface area contributed by atoms with Gasteiger partial charge < -0.3 is 16.4 Å². The molecule has 2 rings (SSSR count). The van der Waals surface area contributed by atoms with E-state index in [0.717, 1.165) is 12.0 Å². The van der Waals surface area contributed by atoms with Crippen LogP contribution in [0.2, 0.25) is 0 Å². The van der Waals surface area contributed by atoms with Gasteiger partial charge in [0.15, 0.2) is 5.96 Å². The Morgan fingerprint density at radius 1 is 1.11 bits per heavy atom. The number of hydrogen-bond donors (Lipinski definition) is 3. The molecular weight excluding hydrogens is 343 g/mol. The van der Waals surface area contributed by atoms with Crippen molar-refractivity contribution in [3.8, 4) is 0 Å². The molecule has 0 saturated heterocycles. The summed E-state index contributed by atoms with van der Waals surface area (Å²) in [4.78, 5) is 16.0. The number of hydrogen-bond acceptors (Lipinski definition) is 2. The highest BCUT2D eigenvalue weighted by atomic mass is 19.1. The summed E-state index contributed by atoms with van der Waals surface area (Å²) in [5.41, 5.74) is 8.89. The fourth-order valence-corrected chi connectivity index (χ4v) is 2.87. The SMILES string of the molecule is CCc1ccccc1CNC(=NC)NCC(Cc1ccc(F)cc1)C(N)=O. The molecule has 0 saturated carbocycles. The summed E-state index contributed by atoms with van der Waals surface area (Å²) in [5.74, 6) is -0.522. The number of primary amides is 1. The standard InChI is InChI=1S/C21H27FN4O/c1-3-16-6-4-5-7-17(16)13-25-21(24-2)26-14-18(20(23)27)12-15-8-10-19(22)11-9-15/h4-11,18H,3,12-14H2,1-2H3,(H2,23,27)(H2,24,25,26). The maximum atomic E-state index is 13.0. The number of carbonyl (C=O) groups is 1. The predicted molar refractivity (Wildman–Crippen MR) is 107 cm³/mol. The van der Waals surface area contributed by atoms with Crippen LogP contribution in [0.3, 0.4) is 0 Å². The van der Waals surface area contributed by atoms with E-state index in [1.165, 1.54) is 23.3 Å². The third-order valence-electron chi connectivity index (χ3n) is 4.48. The van der Waals surface area contributed by atoms with Gasteiger partial charge in [0, 0.05) is 20.1 Å². The van der Waals surface area contributed by atoms with Crippen molar-refractivity contribution in [2.75, 3.05) is 13.6 Å². The number of nitrogens with two attached hydrogens (primary N) is 1. The fraction of sp³-hybridized carbons (Fsp3) is 0.333. The summed E-state index contributed by atoms with van der Waals surface area (Å²) in [7, 11) is 1.68. The van der Waals surface area contributed by atoms with Gasteiger partial charge in [0.05, 0.1) is 5.92 Å². The van der Waals surface area contributed by atoms with Crippen molar-refractivity contribution in [2.45, 2.75) is 26.3 Å². The number of carbonyl (C=O) groups excluding carboxylic acids is 1. The van der Waals surface area contributed by atoms with E-state index in [0.29, 0.717) is 25.5 Å². The molecule has 1 unspecified atom stereocenters. The molecule has 6 heteroatoms. The number of aliphatic imine (C=N–C) groups is 1. The van der Waals surface area contributed by atoms with Crippen LogP contribution in [-0.4, -0.2) is 25.5 Å². The number of amides is 1. The zero-order chi connectivity index (χ0) is 19.6. The largest absolute Gasteiger partial charge is 0.369 e. The van der Waals surface area contributed by atoms with Crippen LogP contribution >= 0.6 is 0 Å². The first-order valence-electron chi connectivity index (χ1n) is 9.08. The van der Waals surface area contributed by atoms with Gasteiger partial charge >= 0.3 is 0 Å². The van der Waals surface area contributed by atoms with Crippen LogP contribution in [0, 0.1) is 11.7 Å². The highest BCUT2D eigenvalue weighted by Crippen LogP contribution is 2.10. The van der Waals surface area contributed by atoms with Gasteiger partial charge in [-0.3, -0.25) is 9.79 Å². The molecule has 0 heterocycles. The minimum Gasteiger partial charge on any atom is -0.369 e. The third kappa shape index (κ3) is 6.40. The molecule has 0 bridgehead atoms. The lowest BCUT2D eigenvalue weighted by atomic mass is 9.98. The number of aryl methyl sites for hydroxylation is 1. The quantitative estimate of drug-likeness (QED) is 0.493. The minimum absolute atomic E-state index is 0.301. The molecule has 0 spiro atoms. The van der Waals surface area contributed by atoms with Crippen molar-refractivity contribution in [1.82, 2.24) is 10.6 Å². The lowest BCUT2D eigenvalue weighted by molar-refractivity contribution is -0.121. The Balaban J connectivity index is 1.92. The lowest BCUT2D eigenvalue weighted by Gasteiger charge is -2.18.